The summed E-state index contributed by atoms with van der Waals surface area (Å²) in [4.78, 5) is 53.7. The number of Topliss-reactive ketones (excluding diaryl/α,β-unsaturated/α-hetero) is 1. The molecular weight excluding hydrogens is 540 g/mol. The minimum atomic E-state index is -1.66. The smallest absolute Gasteiger partial charge is 0.324 e. The molecule has 3 aliphatic rings. The molecule has 2 aromatic rings. The molecule has 4 unspecified atom stereocenters. The fourth-order valence-corrected chi connectivity index (χ4v) is 6.84. The van der Waals surface area contributed by atoms with Crippen molar-refractivity contribution in [2.24, 2.45) is 17.8 Å². The maximum atomic E-state index is 14.0. The van der Waals surface area contributed by atoms with Gasteiger partial charge in [0.15, 0.2) is 5.78 Å². The fourth-order valence-electron chi connectivity index (χ4n) is 6.46. The molecule has 3 N–H and O–H groups in total. The Morgan fingerprint density at radius 1 is 1.05 bits per heavy atom. The second-order valence-corrected chi connectivity index (χ2v) is 11.3. The van der Waals surface area contributed by atoms with Crippen molar-refractivity contribution in [1.29, 1.82) is 0 Å². The highest BCUT2D eigenvalue weighted by Gasteiger charge is 2.69. The monoisotopic (exact) mass is 568 g/mol. The molecule has 5 rings (SSSR count). The van der Waals surface area contributed by atoms with E-state index in [0.29, 0.717) is 21.3 Å². The van der Waals surface area contributed by atoms with Gasteiger partial charge in [0.1, 0.15) is 11.3 Å². The summed E-state index contributed by atoms with van der Waals surface area (Å²) >= 11 is 3.40. The highest BCUT2D eigenvalue weighted by atomic mass is 79.9. The molecule has 2 amide bonds. The summed E-state index contributed by atoms with van der Waals surface area (Å²) in [7, 11) is 0. The summed E-state index contributed by atoms with van der Waals surface area (Å²) in [5, 5.41) is 24.5. The van der Waals surface area contributed by atoms with Gasteiger partial charge in [-0.25, -0.2) is 4.90 Å². The van der Waals surface area contributed by atoms with Gasteiger partial charge in [-0.2, -0.15) is 0 Å². The number of carbonyl (C=O) groups is 4. The molecule has 194 valence electrons. The van der Waals surface area contributed by atoms with Crippen LogP contribution >= 0.6 is 15.9 Å². The molecule has 2 heterocycles. The number of nitrogens with zero attached hydrogens (tertiary/aromatic N) is 1. The summed E-state index contributed by atoms with van der Waals surface area (Å²) in [5.41, 5.74) is -0.555. The lowest BCUT2D eigenvalue weighted by molar-refractivity contribution is -0.150. The van der Waals surface area contributed by atoms with Crippen molar-refractivity contribution >= 4 is 45.2 Å². The van der Waals surface area contributed by atoms with Crippen LogP contribution in [0.1, 0.15) is 67.4 Å². The zero-order valence-corrected chi connectivity index (χ0v) is 22.0. The molecule has 2 saturated heterocycles. The Balaban J connectivity index is 1.62. The fraction of sp³-hybridized carbons (Fsp3) is 0.429. The van der Waals surface area contributed by atoms with E-state index in [9.17, 15) is 29.4 Å². The van der Waals surface area contributed by atoms with Crippen molar-refractivity contribution in [2.75, 3.05) is 4.90 Å². The molecule has 3 fully saturated rings. The van der Waals surface area contributed by atoms with Crippen LogP contribution in [-0.2, 0) is 14.4 Å². The minimum Gasteiger partial charge on any atom is -0.508 e. The molecule has 9 heteroatoms. The van der Waals surface area contributed by atoms with E-state index in [2.05, 4.69) is 21.2 Å². The Kier molecular flexibility index (Phi) is 6.70. The van der Waals surface area contributed by atoms with Crippen molar-refractivity contribution in [3.8, 4) is 5.75 Å². The third-order valence-corrected chi connectivity index (χ3v) is 8.72. The summed E-state index contributed by atoms with van der Waals surface area (Å²) in [6.45, 7) is 1.43. The summed E-state index contributed by atoms with van der Waals surface area (Å²) < 4.78 is 0.659. The standard InChI is InChI=1S/C28H29BrN2O6/c1-15(32)17-7-10-19(11-8-17)31-25(34)22-23(26(31)35)28(27(36)37,14-16-5-3-2-4-6-16)30-24(22)20-13-18(29)9-12-21(20)33/h7-13,16,22-24,30,33H,2-6,14H2,1H3,(H,36,37). The molecule has 1 aliphatic carbocycles. The second kappa shape index (κ2) is 9.68. The van der Waals surface area contributed by atoms with Crippen molar-refractivity contribution in [2.45, 2.75) is 57.0 Å². The molecule has 0 spiro atoms. The van der Waals surface area contributed by atoms with E-state index < -0.39 is 41.2 Å². The van der Waals surface area contributed by atoms with Crippen LogP contribution in [0, 0.1) is 17.8 Å². The first-order valence-electron chi connectivity index (χ1n) is 12.6. The number of hydrogen-bond donors (Lipinski definition) is 3. The number of rotatable bonds is 6. The van der Waals surface area contributed by atoms with Crippen LogP contribution in [0.25, 0.3) is 0 Å². The predicted octanol–water partition coefficient (Wildman–Crippen LogP) is 4.60. The van der Waals surface area contributed by atoms with Gasteiger partial charge < -0.3 is 10.2 Å². The van der Waals surface area contributed by atoms with Crippen LogP contribution < -0.4 is 10.2 Å². The Hall–Kier alpha value is -3.04. The number of imide groups is 1. The number of halogens is 1. The van der Waals surface area contributed by atoms with E-state index in [1.54, 1.807) is 24.3 Å². The van der Waals surface area contributed by atoms with Crippen LogP contribution in [0.4, 0.5) is 5.69 Å². The zero-order valence-electron chi connectivity index (χ0n) is 20.4. The number of amides is 2. The molecule has 4 atom stereocenters. The number of carbonyl (C=O) groups excluding carboxylic acids is 3. The van der Waals surface area contributed by atoms with Gasteiger partial charge in [0, 0.05) is 21.6 Å². The van der Waals surface area contributed by atoms with Crippen LogP contribution in [0.2, 0.25) is 0 Å². The molecule has 37 heavy (non-hydrogen) atoms. The lowest BCUT2D eigenvalue weighted by Gasteiger charge is -2.35. The number of ketones is 1. The topological polar surface area (TPSA) is 124 Å². The normalized spacial score (nSPS) is 27.9. The van der Waals surface area contributed by atoms with Gasteiger partial charge in [-0.15, -0.1) is 0 Å². The SMILES string of the molecule is CC(=O)c1ccc(N2C(=O)C3C(c4cc(Br)ccc4O)NC(CC4CCCCC4)(C(=O)O)C3C2=O)cc1. The van der Waals surface area contributed by atoms with Crippen LogP contribution in [0.3, 0.4) is 0 Å². The molecule has 1 saturated carbocycles. The van der Waals surface area contributed by atoms with Gasteiger partial charge in [0.05, 0.1) is 17.5 Å². The van der Waals surface area contributed by atoms with Crippen LogP contribution in [-0.4, -0.2) is 39.3 Å². The molecule has 0 radical (unpaired) electrons. The lowest BCUT2D eigenvalue weighted by Crippen LogP contribution is -2.57. The Morgan fingerprint density at radius 3 is 2.35 bits per heavy atom. The molecule has 8 nitrogen and oxygen atoms in total. The van der Waals surface area contributed by atoms with E-state index in [0.717, 1.165) is 37.0 Å². The van der Waals surface area contributed by atoms with Crippen LogP contribution in [0.5, 0.6) is 5.75 Å². The average molecular weight is 569 g/mol. The summed E-state index contributed by atoms with van der Waals surface area (Å²) in [6, 6.07) is 10.1. The number of phenols is 1. The molecule has 2 aromatic carbocycles. The molecule has 0 aromatic heterocycles. The number of carboxylic acids is 1. The molecule has 2 aliphatic heterocycles. The maximum absolute atomic E-state index is 14.0. The maximum Gasteiger partial charge on any atom is 0.324 e. The average Bonchev–Trinajstić information content (AvgIpc) is 3.35. The van der Waals surface area contributed by atoms with Gasteiger partial charge in [0.2, 0.25) is 11.8 Å². The first kappa shape index (κ1) is 25.6. The highest BCUT2D eigenvalue weighted by molar-refractivity contribution is 9.10. The number of fused-ring (bicyclic) bond motifs is 1. The molecular formula is C28H29BrN2O6. The van der Waals surface area contributed by atoms with Crippen LogP contribution in [0.15, 0.2) is 46.9 Å². The van der Waals surface area contributed by atoms with Crippen molar-refractivity contribution in [3.05, 3.63) is 58.1 Å². The van der Waals surface area contributed by atoms with E-state index >= 15 is 0 Å². The third-order valence-electron chi connectivity index (χ3n) is 8.23. The summed E-state index contributed by atoms with van der Waals surface area (Å²) in [5.74, 6) is -4.53. The Morgan fingerprint density at radius 2 is 1.73 bits per heavy atom. The lowest BCUT2D eigenvalue weighted by atomic mass is 9.72. The number of benzene rings is 2. The minimum absolute atomic E-state index is 0.0807. The second-order valence-electron chi connectivity index (χ2n) is 10.4. The van der Waals surface area contributed by atoms with Gasteiger partial charge in [-0.05, 0) is 61.7 Å². The number of phenolic OH excluding ortho intramolecular Hbond substituents is 1. The van der Waals surface area contributed by atoms with E-state index in [1.165, 1.54) is 25.1 Å². The number of hydrogen-bond acceptors (Lipinski definition) is 6. The van der Waals surface area contributed by atoms with Gasteiger partial charge in [0.25, 0.3) is 0 Å². The number of nitrogens with one attached hydrogen (secondary N) is 1. The summed E-state index contributed by atoms with van der Waals surface area (Å²) in [6.07, 6.45) is 5.09. The van der Waals surface area contributed by atoms with E-state index in [-0.39, 0.29) is 23.9 Å². The van der Waals surface area contributed by atoms with Crippen molar-refractivity contribution in [1.82, 2.24) is 5.32 Å². The van der Waals surface area contributed by atoms with Gasteiger partial charge >= 0.3 is 5.97 Å². The zero-order chi connectivity index (χ0) is 26.5. The Bertz CT molecular complexity index is 1270. The first-order valence-corrected chi connectivity index (χ1v) is 13.4. The number of aromatic hydroxyl groups is 1. The first-order chi connectivity index (χ1) is 17.6. The van der Waals surface area contributed by atoms with Gasteiger partial charge in [-0.1, -0.05) is 48.0 Å². The predicted molar refractivity (Wildman–Crippen MR) is 139 cm³/mol. The van der Waals surface area contributed by atoms with Crippen molar-refractivity contribution < 1.29 is 29.4 Å². The highest BCUT2D eigenvalue weighted by Crippen LogP contribution is 2.54. The van der Waals surface area contributed by atoms with Crippen molar-refractivity contribution in [3.63, 3.8) is 0 Å². The number of carboxylic acid groups (broad SMARTS) is 1. The van der Waals surface area contributed by atoms with E-state index in [1.807, 2.05) is 0 Å². The van der Waals surface area contributed by atoms with Gasteiger partial charge in [-0.3, -0.25) is 24.5 Å². The largest absolute Gasteiger partial charge is 0.508 e. The number of aliphatic carboxylic acids is 1. The third kappa shape index (κ3) is 4.28. The molecule has 0 bridgehead atoms. The van der Waals surface area contributed by atoms with E-state index in [4.69, 9.17) is 0 Å². The number of anilines is 1. The quantitative estimate of drug-likeness (QED) is 0.343. The Labute approximate surface area is 223 Å².